The van der Waals surface area contributed by atoms with E-state index in [2.05, 4.69) is 55.5 Å². The van der Waals surface area contributed by atoms with E-state index in [0.29, 0.717) is 0 Å². The minimum absolute atomic E-state index is 1.06. The van der Waals surface area contributed by atoms with Crippen LogP contribution in [0.2, 0.25) is 0 Å². The molecule has 17 heavy (non-hydrogen) atoms. The number of allylic oxidation sites excluding steroid dienone is 1. The highest BCUT2D eigenvalue weighted by Crippen LogP contribution is 2.23. The summed E-state index contributed by atoms with van der Waals surface area (Å²) in [4.78, 5) is 4.77. The number of fused-ring (bicyclic) bond motifs is 1. The SMILES string of the molecule is Cc1cccc(-c2ccc3c(n2)CCC=C3)c1. The van der Waals surface area contributed by atoms with Crippen molar-refractivity contribution >= 4 is 6.08 Å². The molecule has 0 saturated heterocycles. The van der Waals surface area contributed by atoms with Gasteiger partial charge in [0.25, 0.3) is 0 Å². The van der Waals surface area contributed by atoms with Crippen molar-refractivity contribution in [2.24, 2.45) is 0 Å². The van der Waals surface area contributed by atoms with Crippen LogP contribution in [0.25, 0.3) is 17.3 Å². The monoisotopic (exact) mass is 221 g/mol. The summed E-state index contributed by atoms with van der Waals surface area (Å²) in [5.41, 5.74) is 6.08. The fraction of sp³-hybridized carbons (Fsp3) is 0.188. The van der Waals surface area contributed by atoms with Crippen molar-refractivity contribution in [3.8, 4) is 11.3 Å². The van der Waals surface area contributed by atoms with Crippen LogP contribution in [0.1, 0.15) is 23.2 Å². The first-order chi connectivity index (χ1) is 8.33. The van der Waals surface area contributed by atoms with Crippen molar-refractivity contribution in [3.63, 3.8) is 0 Å². The van der Waals surface area contributed by atoms with E-state index in [1.54, 1.807) is 0 Å². The summed E-state index contributed by atoms with van der Waals surface area (Å²) in [7, 11) is 0. The molecule has 1 aromatic carbocycles. The lowest BCUT2D eigenvalue weighted by Gasteiger charge is -2.11. The highest BCUT2D eigenvalue weighted by molar-refractivity contribution is 5.64. The third-order valence-electron chi connectivity index (χ3n) is 3.17. The molecule has 0 bridgehead atoms. The molecule has 1 aliphatic carbocycles. The van der Waals surface area contributed by atoms with Gasteiger partial charge in [-0.2, -0.15) is 0 Å². The van der Waals surface area contributed by atoms with Crippen LogP contribution in [0.3, 0.4) is 0 Å². The molecule has 0 atom stereocenters. The lowest BCUT2D eigenvalue weighted by molar-refractivity contribution is 0.929. The summed E-state index contributed by atoms with van der Waals surface area (Å²) < 4.78 is 0. The molecule has 2 aromatic rings. The second-order valence-electron chi connectivity index (χ2n) is 4.54. The highest BCUT2D eigenvalue weighted by atomic mass is 14.7. The van der Waals surface area contributed by atoms with E-state index >= 15 is 0 Å². The van der Waals surface area contributed by atoms with E-state index in [9.17, 15) is 0 Å². The van der Waals surface area contributed by atoms with E-state index in [1.165, 1.54) is 22.4 Å². The van der Waals surface area contributed by atoms with Crippen molar-refractivity contribution in [1.29, 1.82) is 0 Å². The van der Waals surface area contributed by atoms with Gasteiger partial charge in [-0.25, -0.2) is 0 Å². The zero-order valence-corrected chi connectivity index (χ0v) is 9.98. The molecule has 0 fully saturated rings. The number of benzene rings is 1. The van der Waals surface area contributed by atoms with Gasteiger partial charge < -0.3 is 0 Å². The largest absolute Gasteiger partial charge is 0.252 e. The Labute approximate surface area is 102 Å². The summed E-state index contributed by atoms with van der Waals surface area (Å²) in [5.74, 6) is 0. The molecule has 0 amide bonds. The van der Waals surface area contributed by atoms with Gasteiger partial charge in [0.15, 0.2) is 0 Å². The van der Waals surface area contributed by atoms with Gasteiger partial charge >= 0.3 is 0 Å². The van der Waals surface area contributed by atoms with Gasteiger partial charge in [0.2, 0.25) is 0 Å². The predicted molar refractivity (Wildman–Crippen MR) is 71.8 cm³/mol. The number of hydrogen-bond acceptors (Lipinski definition) is 1. The molecule has 0 unspecified atom stereocenters. The van der Waals surface area contributed by atoms with Crippen LogP contribution < -0.4 is 0 Å². The van der Waals surface area contributed by atoms with Crippen molar-refractivity contribution in [3.05, 3.63) is 59.3 Å². The third-order valence-corrected chi connectivity index (χ3v) is 3.17. The van der Waals surface area contributed by atoms with Crippen molar-refractivity contribution in [1.82, 2.24) is 4.98 Å². The molecular formula is C16H15N. The van der Waals surface area contributed by atoms with Gasteiger partial charge in [-0.3, -0.25) is 4.98 Å². The van der Waals surface area contributed by atoms with Gasteiger partial charge in [-0.05, 0) is 37.5 Å². The average molecular weight is 221 g/mol. The van der Waals surface area contributed by atoms with Crippen LogP contribution in [0, 0.1) is 6.92 Å². The first-order valence-corrected chi connectivity index (χ1v) is 6.06. The first kappa shape index (κ1) is 10.3. The van der Waals surface area contributed by atoms with Crippen molar-refractivity contribution in [2.45, 2.75) is 19.8 Å². The molecule has 1 nitrogen and oxygen atoms in total. The van der Waals surface area contributed by atoms with Gasteiger partial charge in [0, 0.05) is 11.3 Å². The molecule has 0 spiro atoms. The minimum Gasteiger partial charge on any atom is -0.252 e. The van der Waals surface area contributed by atoms with E-state index in [4.69, 9.17) is 4.98 Å². The number of rotatable bonds is 1. The summed E-state index contributed by atoms with van der Waals surface area (Å²) >= 11 is 0. The fourth-order valence-electron chi connectivity index (χ4n) is 2.26. The molecule has 1 heterocycles. The van der Waals surface area contributed by atoms with Crippen LogP contribution in [0.4, 0.5) is 0 Å². The molecule has 1 heteroatoms. The van der Waals surface area contributed by atoms with Crippen molar-refractivity contribution in [2.75, 3.05) is 0 Å². The average Bonchev–Trinajstić information content (AvgIpc) is 2.38. The van der Waals surface area contributed by atoms with Gasteiger partial charge in [-0.15, -0.1) is 0 Å². The molecule has 84 valence electrons. The zero-order chi connectivity index (χ0) is 11.7. The smallest absolute Gasteiger partial charge is 0.0705 e. The van der Waals surface area contributed by atoms with E-state index in [-0.39, 0.29) is 0 Å². The lowest BCUT2D eigenvalue weighted by atomic mass is 10.0. The Kier molecular flexibility index (Phi) is 2.52. The normalized spacial score (nSPS) is 13.5. The van der Waals surface area contributed by atoms with Crippen LogP contribution in [-0.4, -0.2) is 4.98 Å². The quantitative estimate of drug-likeness (QED) is 0.708. The Morgan fingerprint density at radius 3 is 2.94 bits per heavy atom. The first-order valence-electron chi connectivity index (χ1n) is 6.06. The summed E-state index contributed by atoms with van der Waals surface area (Å²) in [6, 6.07) is 12.8. The second kappa shape index (κ2) is 4.17. The molecule has 0 aliphatic heterocycles. The predicted octanol–water partition coefficient (Wildman–Crippen LogP) is 4.02. The highest BCUT2D eigenvalue weighted by Gasteiger charge is 2.07. The van der Waals surface area contributed by atoms with Gasteiger partial charge in [-0.1, -0.05) is 42.0 Å². The second-order valence-corrected chi connectivity index (χ2v) is 4.54. The third kappa shape index (κ3) is 2.01. The maximum Gasteiger partial charge on any atom is 0.0705 e. The summed E-state index contributed by atoms with van der Waals surface area (Å²) in [5, 5.41) is 0. The topological polar surface area (TPSA) is 12.9 Å². The molecular weight excluding hydrogens is 206 g/mol. The van der Waals surface area contributed by atoms with E-state index in [1.807, 2.05) is 0 Å². The number of aromatic nitrogens is 1. The van der Waals surface area contributed by atoms with Crippen LogP contribution in [-0.2, 0) is 6.42 Å². The fourth-order valence-corrected chi connectivity index (χ4v) is 2.26. The number of aryl methyl sites for hydroxylation is 2. The zero-order valence-electron chi connectivity index (χ0n) is 9.98. The van der Waals surface area contributed by atoms with Crippen LogP contribution in [0.15, 0.2) is 42.5 Å². The maximum atomic E-state index is 4.77. The summed E-state index contributed by atoms with van der Waals surface area (Å²) in [6.07, 6.45) is 6.56. The molecule has 0 N–H and O–H groups in total. The Bertz CT molecular complexity index is 582. The Hall–Kier alpha value is -1.89. The number of hydrogen-bond donors (Lipinski definition) is 0. The Morgan fingerprint density at radius 2 is 2.06 bits per heavy atom. The van der Waals surface area contributed by atoms with E-state index in [0.717, 1.165) is 18.5 Å². The standard InChI is InChI=1S/C16H15N/c1-12-5-4-7-14(11-12)16-10-9-13-6-2-3-8-15(13)17-16/h2,4-7,9-11H,3,8H2,1H3. The minimum atomic E-state index is 1.06. The molecule has 0 radical (unpaired) electrons. The van der Waals surface area contributed by atoms with Gasteiger partial charge in [0.1, 0.15) is 0 Å². The molecule has 3 rings (SSSR count). The Balaban J connectivity index is 2.07. The van der Waals surface area contributed by atoms with Gasteiger partial charge in [0.05, 0.1) is 5.69 Å². The lowest BCUT2D eigenvalue weighted by Crippen LogP contribution is -1.99. The van der Waals surface area contributed by atoms with Crippen LogP contribution in [0.5, 0.6) is 0 Å². The summed E-state index contributed by atoms with van der Waals surface area (Å²) in [6.45, 7) is 2.12. The van der Waals surface area contributed by atoms with Crippen molar-refractivity contribution < 1.29 is 0 Å². The van der Waals surface area contributed by atoms with Crippen LogP contribution >= 0.6 is 0 Å². The molecule has 0 saturated carbocycles. The van der Waals surface area contributed by atoms with E-state index < -0.39 is 0 Å². The number of nitrogens with zero attached hydrogens (tertiary/aromatic N) is 1. The molecule has 1 aromatic heterocycles. The maximum absolute atomic E-state index is 4.77. The molecule has 1 aliphatic rings. The number of pyridine rings is 1. The Morgan fingerprint density at radius 1 is 1.12 bits per heavy atom.